The summed E-state index contributed by atoms with van der Waals surface area (Å²) in [5, 5.41) is 3.22. The fraction of sp³-hybridized carbons (Fsp3) is 0.375. The zero-order valence-electron chi connectivity index (χ0n) is 18.4. The molecule has 0 radical (unpaired) electrons. The minimum atomic E-state index is -0.558. The fourth-order valence-electron chi connectivity index (χ4n) is 4.66. The summed E-state index contributed by atoms with van der Waals surface area (Å²) >= 11 is 6.13. The molecule has 1 N–H and O–H groups in total. The summed E-state index contributed by atoms with van der Waals surface area (Å²) < 4.78 is 11.2. The van der Waals surface area contributed by atoms with Crippen molar-refractivity contribution in [3.05, 3.63) is 59.6 Å². The minimum absolute atomic E-state index is 0.201. The normalized spacial score (nSPS) is 25.1. The van der Waals surface area contributed by atoms with Crippen LogP contribution in [0.1, 0.15) is 12.8 Å². The van der Waals surface area contributed by atoms with Crippen molar-refractivity contribution >= 4 is 40.8 Å². The lowest BCUT2D eigenvalue weighted by Gasteiger charge is -2.49. The first kappa shape index (κ1) is 23.2. The Bertz CT molecular complexity index is 1030. The topological polar surface area (TPSA) is 88.2 Å². The van der Waals surface area contributed by atoms with Crippen LogP contribution in [0, 0.1) is 5.92 Å². The molecular weight excluding hydrogens is 446 g/mol. The summed E-state index contributed by atoms with van der Waals surface area (Å²) in [6, 6.07) is 14.5. The molecule has 2 aliphatic rings. The molecule has 4 unspecified atom stereocenters. The van der Waals surface area contributed by atoms with E-state index in [0.29, 0.717) is 29.2 Å². The van der Waals surface area contributed by atoms with E-state index >= 15 is 0 Å². The van der Waals surface area contributed by atoms with Gasteiger partial charge in [0.1, 0.15) is 6.54 Å². The number of halogens is 1. The Balaban J connectivity index is 1.66. The molecule has 1 heterocycles. The van der Waals surface area contributed by atoms with Gasteiger partial charge in [0.2, 0.25) is 11.8 Å². The molecule has 2 aromatic rings. The fourth-order valence-corrected chi connectivity index (χ4v) is 4.85. The van der Waals surface area contributed by atoms with Gasteiger partial charge < -0.3 is 19.7 Å². The third kappa shape index (κ3) is 4.73. The number of anilines is 2. The van der Waals surface area contributed by atoms with E-state index in [0.717, 1.165) is 4.90 Å². The maximum absolute atomic E-state index is 13.6. The van der Waals surface area contributed by atoms with Gasteiger partial charge in [0, 0.05) is 31.0 Å². The molecule has 1 saturated carbocycles. The number of hydrogen-bond donors (Lipinski definition) is 1. The largest absolute Gasteiger partial charge is 0.379 e. The van der Waals surface area contributed by atoms with E-state index in [9.17, 15) is 14.4 Å². The van der Waals surface area contributed by atoms with Crippen molar-refractivity contribution in [1.82, 2.24) is 4.90 Å². The molecule has 1 saturated heterocycles. The van der Waals surface area contributed by atoms with Crippen molar-refractivity contribution in [2.75, 3.05) is 31.0 Å². The molecule has 1 aliphatic heterocycles. The number of nitrogens with zero attached hydrogens (tertiary/aromatic N) is 2. The van der Waals surface area contributed by atoms with E-state index in [1.54, 1.807) is 50.6 Å². The number of urea groups is 1. The van der Waals surface area contributed by atoms with Crippen molar-refractivity contribution in [3.63, 3.8) is 0 Å². The number of hydrogen-bond acceptors (Lipinski definition) is 5. The van der Waals surface area contributed by atoms with E-state index in [-0.39, 0.29) is 30.6 Å². The highest BCUT2D eigenvalue weighted by Crippen LogP contribution is 2.38. The lowest BCUT2D eigenvalue weighted by Crippen LogP contribution is -2.66. The van der Waals surface area contributed by atoms with Crippen LogP contribution in [0.4, 0.5) is 16.2 Å². The van der Waals surface area contributed by atoms with Gasteiger partial charge in [-0.1, -0.05) is 35.9 Å². The van der Waals surface area contributed by atoms with Crippen LogP contribution in [0.25, 0.3) is 0 Å². The first-order valence-electron chi connectivity index (χ1n) is 10.7. The molecule has 9 heteroatoms. The number of rotatable bonds is 6. The molecule has 174 valence electrons. The lowest BCUT2D eigenvalue weighted by atomic mass is 9.78. The van der Waals surface area contributed by atoms with Crippen LogP contribution in [0.15, 0.2) is 54.6 Å². The minimum Gasteiger partial charge on any atom is -0.379 e. The summed E-state index contributed by atoms with van der Waals surface area (Å²) in [5.41, 5.74) is 0.997. The second-order valence-corrected chi connectivity index (χ2v) is 8.61. The molecular formula is C24H26ClN3O5. The first-order chi connectivity index (χ1) is 15.9. The van der Waals surface area contributed by atoms with Crippen LogP contribution in [0.2, 0.25) is 5.02 Å². The zero-order valence-corrected chi connectivity index (χ0v) is 19.2. The number of ether oxygens (including phenoxy) is 2. The maximum atomic E-state index is 13.6. The van der Waals surface area contributed by atoms with Gasteiger partial charge >= 0.3 is 6.03 Å². The van der Waals surface area contributed by atoms with E-state index in [4.69, 9.17) is 21.1 Å². The van der Waals surface area contributed by atoms with Crippen molar-refractivity contribution in [2.45, 2.75) is 31.1 Å². The van der Waals surface area contributed by atoms with E-state index in [1.165, 1.54) is 4.90 Å². The highest BCUT2D eigenvalue weighted by molar-refractivity contribution is 6.31. The van der Waals surface area contributed by atoms with Crippen LogP contribution in [-0.2, 0) is 19.1 Å². The van der Waals surface area contributed by atoms with Crippen LogP contribution in [0.3, 0.4) is 0 Å². The highest BCUT2D eigenvalue weighted by atomic mass is 35.5. The molecule has 4 amide bonds. The Morgan fingerprint density at radius 2 is 1.73 bits per heavy atom. The quantitative estimate of drug-likeness (QED) is 0.696. The molecule has 0 bridgehead atoms. The van der Waals surface area contributed by atoms with E-state index in [2.05, 4.69) is 5.32 Å². The Morgan fingerprint density at radius 1 is 1.03 bits per heavy atom. The Labute approximate surface area is 197 Å². The molecule has 8 nitrogen and oxygen atoms in total. The van der Waals surface area contributed by atoms with Crippen LogP contribution in [0.5, 0.6) is 0 Å². The lowest BCUT2D eigenvalue weighted by molar-refractivity contribution is -0.139. The van der Waals surface area contributed by atoms with Gasteiger partial charge in [0.05, 0.1) is 23.8 Å². The van der Waals surface area contributed by atoms with E-state index in [1.807, 2.05) is 18.2 Å². The van der Waals surface area contributed by atoms with Crippen LogP contribution < -0.4 is 10.2 Å². The van der Waals surface area contributed by atoms with Crippen molar-refractivity contribution in [2.24, 2.45) is 5.92 Å². The summed E-state index contributed by atoms with van der Waals surface area (Å²) in [6.07, 6.45) is 0.169. The van der Waals surface area contributed by atoms with Gasteiger partial charge in [-0.25, -0.2) is 9.69 Å². The smallest absolute Gasteiger partial charge is 0.332 e. The van der Waals surface area contributed by atoms with Gasteiger partial charge in [-0.3, -0.25) is 9.59 Å². The Morgan fingerprint density at radius 3 is 2.39 bits per heavy atom. The van der Waals surface area contributed by atoms with Gasteiger partial charge in [0.15, 0.2) is 0 Å². The Hall–Kier alpha value is -2.94. The molecule has 4 atom stereocenters. The van der Waals surface area contributed by atoms with Crippen molar-refractivity contribution < 1.29 is 23.9 Å². The number of carbonyl (C=O) groups excluding carboxylic acids is 3. The number of carbonyl (C=O) groups is 3. The molecule has 0 aromatic heterocycles. The standard InChI is InChI=1S/C24H26ClN3O5/c1-32-20-12-18-19(13-21(20)33-2)27(14-22(29)26-16-8-4-3-5-9-16)24(31)28(23(18)30)17-10-6-7-15(25)11-17/h3-11,18-21H,12-14H2,1-2H3,(H,26,29). The van der Waals surface area contributed by atoms with Crippen LogP contribution in [-0.4, -0.2) is 61.8 Å². The molecule has 33 heavy (non-hydrogen) atoms. The molecule has 2 aromatic carbocycles. The summed E-state index contributed by atoms with van der Waals surface area (Å²) in [7, 11) is 3.16. The SMILES string of the molecule is COC1CC2C(=O)N(c3cccc(Cl)c3)C(=O)N(CC(=O)Nc3ccccc3)C2CC1OC. The van der Waals surface area contributed by atoms with Crippen molar-refractivity contribution in [3.8, 4) is 0 Å². The highest BCUT2D eigenvalue weighted by Gasteiger charge is 2.52. The number of imide groups is 1. The average molecular weight is 472 g/mol. The van der Waals surface area contributed by atoms with Crippen molar-refractivity contribution in [1.29, 1.82) is 0 Å². The van der Waals surface area contributed by atoms with Gasteiger partial charge in [-0.2, -0.15) is 0 Å². The van der Waals surface area contributed by atoms with Gasteiger partial charge in [-0.15, -0.1) is 0 Å². The number of para-hydroxylation sites is 1. The number of amides is 4. The zero-order chi connectivity index (χ0) is 23.5. The Kier molecular flexibility index (Phi) is 6.97. The van der Waals surface area contributed by atoms with E-state index < -0.39 is 18.0 Å². The number of methoxy groups -OCH3 is 2. The van der Waals surface area contributed by atoms with Gasteiger partial charge in [-0.05, 0) is 43.2 Å². The number of benzene rings is 2. The predicted molar refractivity (Wildman–Crippen MR) is 124 cm³/mol. The summed E-state index contributed by atoms with van der Waals surface area (Å²) in [5.74, 6) is -1.22. The summed E-state index contributed by atoms with van der Waals surface area (Å²) in [6.45, 7) is -0.201. The second kappa shape index (κ2) is 9.91. The monoisotopic (exact) mass is 471 g/mol. The van der Waals surface area contributed by atoms with Crippen LogP contribution >= 0.6 is 11.6 Å². The summed E-state index contributed by atoms with van der Waals surface area (Å²) in [4.78, 5) is 42.5. The molecule has 2 fully saturated rings. The third-order valence-corrected chi connectivity index (χ3v) is 6.49. The second-order valence-electron chi connectivity index (χ2n) is 8.17. The number of nitrogens with one attached hydrogen (secondary N) is 1. The molecule has 0 spiro atoms. The van der Waals surface area contributed by atoms with Gasteiger partial charge in [0.25, 0.3) is 0 Å². The number of fused-ring (bicyclic) bond motifs is 1. The third-order valence-electron chi connectivity index (χ3n) is 6.26. The predicted octanol–water partition coefficient (Wildman–Crippen LogP) is 3.56. The average Bonchev–Trinajstić information content (AvgIpc) is 2.81. The first-order valence-corrected chi connectivity index (χ1v) is 11.1. The molecule has 4 rings (SSSR count). The molecule has 1 aliphatic carbocycles. The maximum Gasteiger partial charge on any atom is 0.332 e.